The summed E-state index contributed by atoms with van der Waals surface area (Å²) in [4.78, 5) is 37.9. The number of nitrogens with zero attached hydrogens (tertiary/aromatic N) is 5. The molecule has 1 aliphatic heterocycles. The first-order valence-electron chi connectivity index (χ1n) is 13.1. The Morgan fingerprint density at radius 3 is 2.34 bits per heavy atom. The highest BCUT2D eigenvalue weighted by Crippen LogP contribution is 2.33. The Morgan fingerprint density at radius 1 is 1.00 bits per heavy atom. The van der Waals surface area contributed by atoms with Gasteiger partial charge in [-0.25, -0.2) is 22.6 Å². The van der Waals surface area contributed by atoms with E-state index in [0.29, 0.717) is 23.9 Å². The summed E-state index contributed by atoms with van der Waals surface area (Å²) in [7, 11) is -4.41. The van der Waals surface area contributed by atoms with Crippen LogP contribution in [0.3, 0.4) is 0 Å². The van der Waals surface area contributed by atoms with Crippen LogP contribution in [0, 0.1) is 11.8 Å². The van der Waals surface area contributed by atoms with Crippen LogP contribution in [0.2, 0.25) is 0 Å². The number of carboxylic acid groups (broad SMARTS) is 1. The number of aromatic nitrogens is 3. The van der Waals surface area contributed by atoms with Gasteiger partial charge in [0.05, 0.1) is 30.3 Å². The Labute approximate surface area is 234 Å². The number of aromatic carboxylic acids is 1. The highest BCUT2D eigenvalue weighted by molar-refractivity contribution is 7.89. The van der Waals surface area contributed by atoms with Crippen LogP contribution < -0.4 is 4.90 Å². The number of rotatable bonds is 8. The van der Waals surface area contributed by atoms with Gasteiger partial charge in [-0.1, -0.05) is 19.3 Å². The molecule has 2 fully saturated rings. The van der Waals surface area contributed by atoms with Crippen molar-refractivity contribution in [1.82, 2.24) is 19.3 Å². The first-order valence-corrected chi connectivity index (χ1v) is 14.5. The average Bonchev–Trinajstić information content (AvgIpc) is 2.92. The van der Waals surface area contributed by atoms with Crippen molar-refractivity contribution in [2.24, 2.45) is 0 Å². The first-order chi connectivity index (χ1) is 19.6. The van der Waals surface area contributed by atoms with E-state index in [1.54, 1.807) is 6.20 Å². The standard InChI is InChI=1S/C27H27F2N5O6S/c28-21-11-19(13-32-25(21)29)41(39,40)34-9-8-23(34)26(36)33(18-6-7-20(27(37)38)24(35)10-18)15-17-12-31-22(14-30-17)16-4-2-1-3-5-16/h6-7,10-14,16,23,35H,1-5,8-9,15H2,(H,37,38)/t23-/m1/s1. The van der Waals surface area contributed by atoms with Gasteiger partial charge in [-0.3, -0.25) is 14.8 Å². The lowest BCUT2D eigenvalue weighted by Crippen LogP contribution is -2.59. The van der Waals surface area contributed by atoms with Crippen molar-refractivity contribution in [1.29, 1.82) is 0 Å². The van der Waals surface area contributed by atoms with E-state index in [0.717, 1.165) is 47.8 Å². The second kappa shape index (κ2) is 11.4. The summed E-state index contributed by atoms with van der Waals surface area (Å²) in [6.45, 7) is -0.204. The van der Waals surface area contributed by atoms with E-state index in [4.69, 9.17) is 0 Å². The highest BCUT2D eigenvalue weighted by atomic mass is 32.2. The first kappa shape index (κ1) is 28.5. The summed E-state index contributed by atoms with van der Waals surface area (Å²) >= 11 is 0. The van der Waals surface area contributed by atoms with Crippen LogP contribution in [0.5, 0.6) is 5.75 Å². The maximum absolute atomic E-state index is 13.8. The molecule has 1 saturated heterocycles. The van der Waals surface area contributed by atoms with Gasteiger partial charge in [-0.15, -0.1) is 0 Å². The Hall–Kier alpha value is -4.04. The fourth-order valence-electron chi connectivity index (χ4n) is 5.14. The maximum Gasteiger partial charge on any atom is 0.339 e. The Morgan fingerprint density at radius 2 is 1.76 bits per heavy atom. The van der Waals surface area contributed by atoms with E-state index in [2.05, 4.69) is 15.0 Å². The van der Waals surface area contributed by atoms with Gasteiger partial charge in [-0.2, -0.15) is 8.70 Å². The predicted octanol–water partition coefficient (Wildman–Crippen LogP) is 3.60. The molecule has 5 rings (SSSR count). The molecule has 3 heterocycles. The fourth-order valence-corrected chi connectivity index (χ4v) is 6.73. The zero-order valence-corrected chi connectivity index (χ0v) is 22.6. The number of sulfonamides is 1. The molecule has 1 amide bonds. The lowest BCUT2D eigenvalue weighted by atomic mass is 9.87. The number of hydrogen-bond acceptors (Lipinski definition) is 8. The van der Waals surface area contributed by atoms with Crippen LogP contribution >= 0.6 is 0 Å². The zero-order valence-electron chi connectivity index (χ0n) is 21.8. The van der Waals surface area contributed by atoms with Crippen LogP contribution in [0.25, 0.3) is 0 Å². The summed E-state index contributed by atoms with van der Waals surface area (Å²) in [5, 5.41) is 19.6. The SMILES string of the molecule is O=C(O)c1ccc(N(Cc2cnc(C3CCCCC3)cn2)C(=O)[C@H]2CCN2S(=O)(=O)c2cnc(F)c(F)c2)cc1O. The summed E-state index contributed by atoms with van der Waals surface area (Å²) in [6, 6.07) is 2.85. The molecule has 0 radical (unpaired) electrons. The quantitative estimate of drug-likeness (QED) is 0.376. The molecule has 0 bridgehead atoms. The van der Waals surface area contributed by atoms with Crippen LogP contribution in [0.4, 0.5) is 14.5 Å². The minimum Gasteiger partial charge on any atom is -0.507 e. The number of aromatic hydroxyl groups is 1. The Balaban J connectivity index is 1.44. The fraction of sp³-hybridized carbons (Fsp3) is 0.370. The smallest absolute Gasteiger partial charge is 0.339 e. The number of hydrogen-bond donors (Lipinski definition) is 2. The molecular weight excluding hydrogens is 560 g/mol. The molecule has 14 heteroatoms. The number of benzene rings is 1. The van der Waals surface area contributed by atoms with Crippen molar-refractivity contribution in [3.63, 3.8) is 0 Å². The number of pyridine rings is 1. The van der Waals surface area contributed by atoms with E-state index in [9.17, 15) is 37.0 Å². The van der Waals surface area contributed by atoms with Gasteiger partial charge in [0.25, 0.3) is 0 Å². The van der Waals surface area contributed by atoms with Crippen molar-refractivity contribution >= 4 is 27.6 Å². The van der Waals surface area contributed by atoms with Crippen molar-refractivity contribution in [2.45, 2.75) is 61.9 Å². The third-order valence-corrected chi connectivity index (χ3v) is 9.37. The van der Waals surface area contributed by atoms with Gasteiger partial charge in [-0.05, 0) is 31.4 Å². The molecule has 1 aliphatic carbocycles. The lowest BCUT2D eigenvalue weighted by Gasteiger charge is -2.40. The topological polar surface area (TPSA) is 154 Å². The van der Waals surface area contributed by atoms with Gasteiger partial charge < -0.3 is 15.1 Å². The molecule has 2 N–H and O–H groups in total. The number of carboxylic acids is 1. The number of amides is 1. The molecule has 1 atom stereocenters. The van der Waals surface area contributed by atoms with Crippen molar-refractivity contribution < 1.29 is 37.0 Å². The Kier molecular flexibility index (Phi) is 7.95. The van der Waals surface area contributed by atoms with Crippen LogP contribution in [0.1, 0.15) is 66.2 Å². The number of anilines is 1. The van der Waals surface area contributed by atoms with E-state index >= 15 is 0 Å². The minimum absolute atomic E-state index is 0.0509. The normalized spacial score (nSPS) is 18.0. The molecule has 1 aromatic carbocycles. The van der Waals surface area contributed by atoms with E-state index in [1.807, 2.05) is 0 Å². The molecular formula is C27H27F2N5O6S. The van der Waals surface area contributed by atoms with Crippen molar-refractivity contribution in [2.75, 3.05) is 11.4 Å². The molecule has 2 aromatic heterocycles. The molecule has 0 spiro atoms. The Bertz CT molecular complexity index is 1580. The molecule has 2 aliphatic rings. The average molecular weight is 588 g/mol. The summed E-state index contributed by atoms with van der Waals surface area (Å²) in [6.07, 6.45) is 9.48. The summed E-state index contributed by atoms with van der Waals surface area (Å²) in [5.74, 6) is -5.23. The van der Waals surface area contributed by atoms with Gasteiger partial charge in [0, 0.05) is 36.5 Å². The number of carbonyl (C=O) groups is 2. The van der Waals surface area contributed by atoms with Crippen LogP contribution in [-0.2, 0) is 21.4 Å². The maximum atomic E-state index is 13.8. The number of halogens is 2. The number of phenols is 1. The third kappa shape index (κ3) is 5.75. The molecule has 0 unspecified atom stereocenters. The second-order valence-electron chi connectivity index (χ2n) is 10.1. The van der Waals surface area contributed by atoms with Gasteiger partial charge in [0.2, 0.25) is 21.9 Å². The van der Waals surface area contributed by atoms with Crippen LogP contribution in [-0.4, -0.2) is 62.4 Å². The van der Waals surface area contributed by atoms with Crippen molar-refractivity contribution in [3.05, 3.63) is 71.6 Å². The largest absolute Gasteiger partial charge is 0.507 e. The lowest BCUT2D eigenvalue weighted by molar-refractivity contribution is -0.125. The van der Waals surface area contributed by atoms with Crippen molar-refractivity contribution in [3.8, 4) is 5.75 Å². The minimum atomic E-state index is -4.41. The second-order valence-corrected chi connectivity index (χ2v) is 12.0. The van der Waals surface area contributed by atoms with Gasteiger partial charge >= 0.3 is 5.97 Å². The molecule has 11 nitrogen and oxygen atoms in total. The van der Waals surface area contributed by atoms with Crippen LogP contribution in [0.15, 0.2) is 47.8 Å². The van der Waals surface area contributed by atoms with E-state index in [1.165, 1.54) is 23.6 Å². The molecule has 216 valence electrons. The molecule has 3 aromatic rings. The third-order valence-electron chi connectivity index (χ3n) is 7.49. The summed E-state index contributed by atoms with van der Waals surface area (Å²) < 4.78 is 54.3. The molecule has 41 heavy (non-hydrogen) atoms. The monoisotopic (exact) mass is 587 g/mol. The van der Waals surface area contributed by atoms with E-state index in [-0.39, 0.29) is 30.8 Å². The molecule has 1 saturated carbocycles. The number of carbonyl (C=O) groups excluding carboxylic acids is 1. The van der Waals surface area contributed by atoms with Gasteiger partial charge in [0.15, 0.2) is 5.82 Å². The van der Waals surface area contributed by atoms with Gasteiger partial charge in [0.1, 0.15) is 22.3 Å². The van der Waals surface area contributed by atoms with E-state index < -0.39 is 50.4 Å². The zero-order chi connectivity index (χ0) is 29.3. The summed E-state index contributed by atoms with van der Waals surface area (Å²) in [5.41, 5.74) is 0.968. The highest BCUT2D eigenvalue weighted by Gasteiger charge is 2.45. The predicted molar refractivity (Wildman–Crippen MR) is 141 cm³/mol.